The molecule has 0 aliphatic carbocycles. The molecule has 2 saturated heterocycles. The predicted molar refractivity (Wildman–Crippen MR) is 47.0 cm³/mol. The van der Waals surface area contributed by atoms with Crippen LogP contribution in [-0.4, -0.2) is 43.9 Å². The van der Waals surface area contributed by atoms with E-state index in [1.807, 2.05) is 7.05 Å². The molecule has 68 valence electrons. The maximum Gasteiger partial charge on any atom is 0.154 e. The van der Waals surface area contributed by atoms with Crippen LogP contribution in [0, 0.1) is 5.41 Å². The van der Waals surface area contributed by atoms with Gasteiger partial charge in [0.05, 0.1) is 6.54 Å². The van der Waals surface area contributed by atoms with Crippen molar-refractivity contribution in [3.05, 3.63) is 0 Å². The molecule has 0 aromatic rings. The average molecular weight is 168 g/mol. The minimum atomic E-state index is 0.0203. The van der Waals surface area contributed by atoms with E-state index in [1.165, 1.54) is 0 Å². The Hall–Kier alpha value is -0.410. The summed E-state index contributed by atoms with van der Waals surface area (Å²) < 4.78 is 0. The molecule has 2 aliphatic rings. The van der Waals surface area contributed by atoms with Crippen LogP contribution in [0.5, 0.6) is 0 Å². The molecule has 0 saturated carbocycles. The number of nitrogens with zero attached hydrogens (tertiary/aromatic N) is 1. The van der Waals surface area contributed by atoms with Crippen molar-refractivity contribution in [2.75, 3.05) is 33.2 Å². The SMILES string of the molecule is CN1CCC2(CCNC2)C(=O)C1. The number of Topliss-reactive ketones (excluding diaryl/α,β-unsaturated/α-hetero) is 1. The molecular formula is C9H16N2O. The van der Waals surface area contributed by atoms with Gasteiger partial charge in [0.25, 0.3) is 0 Å². The predicted octanol–water partition coefficient (Wildman–Crippen LogP) is -0.129. The van der Waals surface area contributed by atoms with Gasteiger partial charge in [-0.2, -0.15) is 0 Å². The van der Waals surface area contributed by atoms with Crippen LogP contribution in [0.25, 0.3) is 0 Å². The summed E-state index contributed by atoms with van der Waals surface area (Å²) >= 11 is 0. The number of hydrogen-bond donors (Lipinski definition) is 1. The number of likely N-dealkylation sites (N-methyl/N-ethyl adjacent to an activating group) is 1. The molecule has 1 atom stereocenters. The third-order valence-electron chi connectivity index (χ3n) is 3.22. The van der Waals surface area contributed by atoms with Gasteiger partial charge in [0.15, 0.2) is 5.78 Å². The molecule has 2 rings (SSSR count). The molecule has 0 aromatic heterocycles. The third-order valence-corrected chi connectivity index (χ3v) is 3.22. The van der Waals surface area contributed by atoms with Crippen LogP contribution in [0.1, 0.15) is 12.8 Å². The number of carbonyl (C=O) groups is 1. The number of carbonyl (C=O) groups excluding carboxylic acids is 1. The number of hydrogen-bond acceptors (Lipinski definition) is 3. The summed E-state index contributed by atoms with van der Waals surface area (Å²) in [6.07, 6.45) is 2.11. The second kappa shape index (κ2) is 2.82. The van der Waals surface area contributed by atoms with Crippen LogP contribution in [0.4, 0.5) is 0 Å². The first-order valence-electron chi connectivity index (χ1n) is 4.66. The summed E-state index contributed by atoms with van der Waals surface area (Å²) in [5.74, 6) is 0.446. The van der Waals surface area contributed by atoms with Gasteiger partial charge in [0.1, 0.15) is 0 Å². The van der Waals surface area contributed by atoms with Gasteiger partial charge >= 0.3 is 0 Å². The lowest BCUT2D eigenvalue weighted by Gasteiger charge is -2.35. The Kier molecular flexibility index (Phi) is 1.93. The highest BCUT2D eigenvalue weighted by Gasteiger charge is 2.43. The number of nitrogens with one attached hydrogen (secondary N) is 1. The summed E-state index contributed by atoms with van der Waals surface area (Å²) in [5.41, 5.74) is 0.0203. The maximum absolute atomic E-state index is 11.7. The van der Waals surface area contributed by atoms with Gasteiger partial charge in [-0.1, -0.05) is 0 Å². The van der Waals surface area contributed by atoms with Crippen molar-refractivity contribution in [3.63, 3.8) is 0 Å². The lowest BCUT2D eigenvalue weighted by atomic mass is 9.77. The minimum absolute atomic E-state index is 0.0203. The number of ketones is 1. The van der Waals surface area contributed by atoms with E-state index in [0.29, 0.717) is 12.3 Å². The molecule has 12 heavy (non-hydrogen) atoms. The summed E-state index contributed by atoms with van der Waals surface area (Å²) in [7, 11) is 2.02. The van der Waals surface area contributed by atoms with E-state index in [4.69, 9.17) is 0 Å². The zero-order chi connectivity index (χ0) is 8.60. The Bertz CT molecular complexity index is 197. The second-order valence-electron chi connectivity index (χ2n) is 4.12. The van der Waals surface area contributed by atoms with Crippen molar-refractivity contribution in [1.29, 1.82) is 0 Å². The van der Waals surface area contributed by atoms with Crippen LogP contribution < -0.4 is 5.32 Å². The van der Waals surface area contributed by atoms with Gasteiger partial charge < -0.3 is 5.32 Å². The fourth-order valence-corrected chi connectivity index (χ4v) is 2.23. The van der Waals surface area contributed by atoms with E-state index < -0.39 is 0 Å². The number of rotatable bonds is 0. The molecule has 3 nitrogen and oxygen atoms in total. The van der Waals surface area contributed by atoms with Crippen LogP contribution in [0.2, 0.25) is 0 Å². The fourth-order valence-electron chi connectivity index (χ4n) is 2.23. The second-order valence-corrected chi connectivity index (χ2v) is 4.12. The van der Waals surface area contributed by atoms with Crippen molar-refractivity contribution >= 4 is 5.78 Å². The molecule has 2 heterocycles. The lowest BCUT2D eigenvalue weighted by Crippen LogP contribution is -2.47. The van der Waals surface area contributed by atoms with Gasteiger partial charge in [-0.3, -0.25) is 9.69 Å². The van der Waals surface area contributed by atoms with Gasteiger partial charge in [-0.05, 0) is 33.0 Å². The first kappa shape index (κ1) is 8.20. The summed E-state index contributed by atoms with van der Waals surface area (Å²) in [4.78, 5) is 13.9. The zero-order valence-electron chi connectivity index (χ0n) is 7.60. The average Bonchev–Trinajstić information content (AvgIpc) is 2.48. The van der Waals surface area contributed by atoms with E-state index in [-0.39, 0.29) is 5.41 Å². The molecule has 0 aromatic carbocycles. The Morgan fingerprint density at radius 1 is 1.50 bits per heavy atom. The van der Waals surface area contributed by atoms with Gasteiger partial charge in [-0.15, -0.1) is 0 Å². The summed E-state index contributed by atoms with van der Waals surface area (Å²) in [6, 6.07) is 0. The first-order valence-corrected chi connectivity index (χ1v) is 4.66. The van der Waals surface area contributed by atoms with Gasteiger partial charge in [0, 0.05) is 12.0 Å². The van der Waals surface area contributed by atoms with E-state index in [0.717, 1.165) is 32.5 Å². The Morgan fingerprint density at radius 3 is 2.92 bits per heavy atom. The molecule has 1 spiro atoms. The van der Waals surface area contributed by atoms with Crippen LogP contribution in [0.3, 0.4) is 0 Å². The highest BCUT2D eigenvalue weighted by atomic mass is 16.1. The van der Waals surface area contributed by atoms with Crippen molar-refractivity contribution in [1.82, 2.24) is 10.2 Å². The van der Waals surface area contributed by atoms with Crippen molar-refractivity contribution in [2.45, 2.75) is 12.8 Å². The standard InChI is InChI=1S/C9H16N2O/c1-11-5-3-9(8(12)6-11)2-4-10-7-9/h10H,2-7H2,1H3. The molecule has 1 unspecified atom stereocenters. The fraction of sp³-hybridized carbons (Fsp3) is 0.889. The first-order chi connectivity index (χ1) is 5.73. The zero-order valence-corrected chi connectivity index (χ0v) is 7.60. The largest absolute Gasteiger partial charge is 0.316 e. The highest BCUT2D eigenvalue weighted by molar-refractivity contribution is 5.88. The molecule has 2 fully saturated rings. The normalized spacial score (nSPS) is 37.9. The van der Waals surface area contributed by atoms with Crippen LogP contribution >= 0.6 is 0 Å². The Labute approximate surface area is 73.1 Å². The minimum Gasteiger partial charge on any atom is -0.316 e. The van der Waals surface area contributed by atoms with Crippen molar-refractivity contribution < 1.29 is 4.79 Å². The molecule has 0 amide bonds. The van der Waals surface area contributed by atoms with Crippen LogP contribution in [-0.2, 0) is 4.79 Å². The lowest BCUT2D eigenvalue weighted by molar-refractivity contribution is -0.132. The van der Waals surface area contributed by atoms with Gasteiger partial charge in [0.2, 0.25) is 0 Å². The Balaban J connectivity index is 2.11. The van der Waals surface area contributed by atoms with Gasteiger partial charge in [-0.25, -0.2) is 0 Å². The van der Waals surface area contributed by atoms with Crippen LogP contribution in [0.15, 0.2) is 0 Å². The Morgan fingerprint density at radius 2 is 2.33 bits per heavy atom. The van der Waals surface area contributed by atoms with E-state index in [9.17, 15) is 4.79 Å². The van der Waals surface area contributed by atoms with E-state index in [2.05, 4.69) is 10.2 Å². The smallest absolute Gasteiger partial charge is 0.154 e. The molecule has 0 bridgehead atoms. The van der Waals surface area contributed by atoms with Crippen molar-refractivity contribution in [3.8, 4) is 0 Å². The monoisotopic (exact) mass is 168 g/mol. The van der Waals surface area contributed by atoms with Crippen molar-refractivity contribution in [2.24, 2.45) is 5.41 Å². The molecule has 0 radical (unpaired) electrons. The molecule has 2 aliphatic heterocycles. The summed E-state index contributed by atoms with van der Waals surface area (Å²) in [5, 5.41) is 3.29. The highest BCUT2D eigenvalue weighted by Crippen LogP contribution is 2.33. The topological polar surface area (TPSA) is 32.3 Å². The van der Waals surface area contributed by atoms with E-state index in [1.54, 1.807) is 0 Å². The summed E-state index contributed by atoms with van der Waals surface area (Å²) in [6.45, 7) is 3.67. The van der Waals surface area contributed by atoms with E-state index >= 15 is 0 Å². The molecular weight excluding hydrogens is 152 g/mol. The molecule has 1 N–H and O–H groups in total. The number of likely N-dealkylation sites (tertiary alicyclic amines) is 1. The third kappa shape index (κ3) is 1.17. The maximum atomic E-state index is 11.7. The molecule has 3 heteroatoms. The quantitative estimate of drug-likeness (QED) is 0.547. The number of piperidine rings is 1.